The molecule has 61 heavy (non-hydrogen) atoms. The third-order valence-electron chi connectivity index (χ3n) is 12.3. The number of phenols is 1. The molecule has 324 valence electrons. The van der Waals surface area contributed by atoms with Crippen LogP contribution in [0.4, 0.5) is 4.39 Å². The fraction of sp³-hybridized carbons (Fsp3) is 0.426. The number of ether oxygens (including phenoxy) is 3. The summed E-state index contributed by atoms with van der Waals surface area (Å²) in [5.74, 6) is -0.695. The van der Waals surface area contributed by atoms with Crippen LogP contribution in [0.15, 0.2) is 48.5 Å². The quantitative estimate of drug-likeness (QED) is 0.0654. The fourth-order valence-electron chi connectivity index (χ4n) is 8.09. The van der Waals surface area contributed by atoms with Crippen molar-refractivity contribution in [2.45, 2.75) is 97.4 Å². The molecule has 0 aliphatic carbocycles. The number of methoxy groups -OCH3 is 1. The summed E-state index contributed by atoms with van der Waals surface area (Å²) >= 11 is 7.21. The number of aryl methyl sites for hydroxylation is 3. The van der Waals surface area contributed by atoms with E-state index in [1.54, 1.807) is 16.8 Å². The average Bonchev–Trinajstić information content (AvgIpc) is 3.84. The minimum atomic E-state index is -1.95. The second-order valence-corrected chi connectivity index (χ2v) is 22.7. The molecule has 1 aliphatic rings. The minimum absolute atomic E-state index is 0.0833. The van der Waals surface area contributed by atoms with E-state index >= 15 is 0 Å². The van der Waals surface area contributed by atoms with E-state index in [1.807, 2.05) is 66.7 Å². The Hall–Kier alpha value is -4.79. The number of phenolic OH excluding ortho intramolecular Hbond substituents is 1. The monoisotopic (exact) mass is 869 g/mol. The van der Waals surface area contributed by atoms with Crippen molar-refractivity contribution in [2.75, 3.05) is 20.3 Å². The molecule has 3 aromatic heterocycles. The van der Waals surface area contributed by atoms with E-state index in [4.69, 9.17) is 40.4 Å². The zero-order valence-electron chi connectivity index (χ0n) is 36.7. The van der Waals surface area contributed by atoms with Gasteiger partial charge in [0.1, 0.15) is 23.5 Å². The van der Waals surface area contributed by atoms with Gasteiger partial charge in [-0.2, -0.15) is 10.2 Å². The van der Waals surface area contributed by atoms with Gasteiger partial charge in [-0.1, -0.05) is 44.5 Å². The summed E-state index contributed by atoms with van der Waals surface area (Å²) in [6.45, 7) is 14.8. The maximum Gasteiger partial charge on any atom is 0.354 e. The summed E-state index contributed by atoms with van der Waals surface area (Å²) in [5.41, 5.74) is 7.62. The van der Waals surface area contributed by atoms with Crippen molar-refractivity contribution in [2.24, 2.45) is 14.1 Å². The molecular formula is C47H57ClFN5O6Si. The van der Waals surface area contributed by atoms with Crippen molar-refractivity contribution in [3.8, 4) is 16.9 Å². The number of aromatic hydroxyl groups is 1. The van der Waals surface area contributed by atoms with Gasteiger partial charge in [0.15, 0.2) is 8.32 Å². The summed E-state index contributed by atoms with van der Waals surface area (Å²) in [4.78, 5) is 13.5. The molecule has 1 N–H and O–H groups in total. The van der Waals surface area contributed by atoms with Crippen LogP contribution < -0.4 is 0 Å². The first-order chi connectivity index (χ1) is 29.0. The Balaban J connectivity index is 1.19. The smallest absolute Gasteiger partial charge is 0.354 e. The number of fused-ring (bicyclic) bond motifs is 2. The van der Waals surface area contributed by atoms with Crippen LogP contribution in [0.2, 0.25) is 23.2 Å². The largest absolute Gasteiger partial charge is 0.507 e. The molecule has 11 nitrogen and oxygen atoms in total. The van der Waals surface area contributed by atoms with E-state index in [0.717, 1.165) is 70.2 Å². The Labute approximate surface area is 363 Å². The lowest BCUT2D eigenvalue weighted by Gasteiger charge is -2.36. The van der Waals surface area contributed by atoms with Crippen LogP contribution in [0.25, 0.3) is 45.0 Å². The second-order valence-electron chi connectivity index (χ2n) is 17.5. The number of carbonyl (C=O) groups excluding carboxylic acids is 1. The maximum atomic E-state index is 13.9. The average molecular weight is 871 g/mol. The maximum absolute atomic E-state index is 13.9. The van der Waals surface area contributed by atoms with Crippen molar-refractivity contribution in [3.63, 3.8) is 0 Å². The summed E-state index contributed by atoms with van der Waals surface area (Å²) in [6, 6.07) is 13.6. The number of rotatable bonds is 14. The van der Waals surface area contributed by atoms with Crippen LogP contribution in [0, 0.1) is 12.7 Å². The number of halogens is 2. The number of carbonyl (C=O) groups is 1. The molecule has 1 unspecified atom stereocenters. The Morgan fingerprint density at radius 1 is 1.03 bits per heavy atom. The molecular weight excluding hydrogens is 813 g/mol. The number of benzene rings is 3. The van der Waals surface area contributed by atoms with Crippen LogP contribution in [0.5, 0.6) is 5.75 Å². The Kier molecular flexibility index (Phi) is 13.0. The molecule has 0 radical (unpaired) electrons. The molecule has 4 heterocycles. The predicted molar refractivity (Wildman–Crippen MR) is 242 cm³/mol. The van der Waals surface area contributed by atoms with Gasteiger partial charge in [-0.05, 0) is 122 Å². The van der Waals surface area contributed by atoms with E-state index in [9.17, 15) is 14.3 Å². The van der Waals surface area contributed by atoms with Crippen molar-refractivity contribution in [3.05, 3.63) is 99.0 Å². The van der Waals surface area contributed by atoms with Crippen LogP contribution in [-0.4, -0.2) is 63.8 Å². The van der Waals surface area contributed by atoms with Gasteiger partial charge in [0.25, 0.3) is 0 Å². The van der Waals surface area contributed by atoms with E-state index in [-0.39, 0.29) is 36.0 Å². The van der Waals surface area contributed by atoms with Crippen LogP contribution in [0.3, 0.4) is 0 Å². The Bertz CT molecular complexity index is 2620. The van der Waals surface area contributed by atoms with Gasteiger partial charge in [0.2, 0.25) is 0 Å². The number of hydrogen-bond donors (Lipinski definition) is 1. The highest BCUT2D eigenvalue weighted by Crippen LogP contribution is 2.44. The second kappa shape index (κ2) is 17.9. The summed E-state index contributed by atoms with van der Waals surface area (Å²) < 4.78 is 44.1. The summed E-state index contributed by atoms with van der Waals surface area (Å²) in [5, 5.41) is 23.1. The van der Waals surface area contributed by atoms with Crippen molar-refractivity contribution in [1.82, 2.24) is 24.1 Å². The van der Waals surface area contributed by atoms with Crippen LogP contribution in [-0.2, 0) is 52.4 Å². The molecule has 0 amide bonds. The number of nitrogens with zero attached hydrogens (tertiary/aromatic N) is 5. The standard InChI is InChI=1S/C47H57ClFN5O6Si/c1-29-42(43-38(48)20-19-37-36(45(46(56)57-7)52(5)44(37)43)13-12-22-60-61(8,9)47(2,3)4)39(51-54(29)41-14-10-11-21-59-41)28-58-27-33-26-34(53(6)50-33)17-15-30-23-31-25-32(49)16-18-35(31)40(55)24-30/h15-20,23-26,41,55H,10-14,21-22,27-28H2,1-9H3/b17-15+. The van der Waals surface area contributed by atoms with E-state index < -0.39 is 14.3 Å². The third-order valence-corrected chi connectivity index (χ3v) is 17.2. The van der Waals surface area contributed by atoms with Gasteiger partial charge >= 0.3 is 5.97 Å². The van der Waals surface area contributed by atoms with Crippen molar-refractivity contribution >= 4 is 59.7 Å². The Morgan fingerprint density at radius 3 is 2.52 bits per heavy atom. The minimum Gasteiger partial charge on any atom is -0.507 e. The van der Waals surface area contributed by atoms with Crippen LogP contribution >= 0.6 is 11.6 Å². The predicted octanol–water partition coefficient (Wildman–Crippen LogP) is 11.1. The highest BCUT2D eigenvalue weighted by Gasteiger charge is 2.37. The first-order valence-electron chi connectivity index (χ1n) is 20.9. The molecule has 1 atom stereocenters. The zero-order chi connectivity index (χ0) is 43.8. The summed E-state index contributed by atoms with van der Waals surface area (Å²) in [6.07, 6.45) is 7.73. The topological polar surface area (TPSA) is 115 Å². The lowest BCUT2D eigenvalue weighted by atomic mass is 9.98. The molecule has 6 aromatic rings. The lowest BCUT2D eigenvalue weighted by Crippen LogP contribution is -2.41. The van der Waals surface area contributed by atoms with Gasteiger partial charge in [0, 0.05) is 54.9 Å². The number of hydrogen-bond acceptors (Lipinski definition) is 8. The van der Waals surface area contributed by atoms with Crippen molar-refractivity contribution < 1.29 is 32.9 Å². The fourth-order valence-corrected chi connectivity index (χ4v) is 9.42. The van der Waals surface area contributed by atoms with Gasteiger partial charge in [-0.25, -0.2) is 13.9 Å². The molecule has 0 bridgehead atoms. The first-order valence-corrected chi connectivity index (χ1v) is 24.2. The first kappa shape index (κ1) is 44.3. The van der Waals surface area contributed by atoms with Gasteiger partial charge < -0.3 is 28.3 Å². The van der Waals surface area contributed by atoms with Gasteiger partial charge in [0.05, 0.1) is 47.9 Å². The number of esters is 1. The highest BCUT2D eigenvalue weighted by atomic mass is 35.5. The van der Waals surface area contributed by atoms with E-state index in [0.29, 0.717) is 52.5 Å². The van der Waals surface area contributed by atoms with Crippen molar-refractivity contribution in [1.29, 1.82) is 0 Å². The van der Waals surface area contributed by atoms with Gasteiger partial charge in [-0.3, -0.25) is 4.68 Å². The highest BCUT2D eigenvalue weighted by molar-refractivity contribution is 6.74. The SMILES string of the molecule is COC(=O)c1c(CCCO[Si](C)(C)C(C)(C)C)c2ccc(Cl)c(-c3c(COCc4cc(/C=C/c5cc(O)c6ccc(F)cc6c5)n(C)n4)nn(C4CCCCO4)c3C)c2n1C. The van der Waals surface area contributed by atoms with E-state index in [2.05, 4.69) is 33.9 Å². The molecule has 7 rings (SSSR count). The summed E-state index contributed by atoms with van der Waals surface area (Å²) in [7, 11) is 3.20. The lowest BCUT2D eigenvalue weighted by molar-refractivity contribution is -0.0411. The number of aromatic nitrogens is 5. The molecule has 1 fully saturated rings. The Morgan fingerprint density at radius 2 is 1.80 bits per heavy atom. The van der Waals surface area contributed by atoms with Gasteiger partial charge in [-0.15, -0.1) is 0 Å². The molecule has 0 saturated carbocycles. The normalized spacial score (nSPS) is 15.2. The molecule has 0 spiro atoms. The molecule has 3 aromatic carbocycles. The van der Waals surface area contributed by atoms with Crippen LogP contribution in [0.1, 0.15) is 97.1 Å². The zero-order valence-corrected chi connectivity index (χ0v) is 38.5. The van der Waals surface area contributed by atoms with E-state index in [1.165, 1.54) is 19.2 Å². The molecule has 1 aliphatic heterocycles. The third kappa shape index (κ3) is 9.08. The molecule has 1 saturated heterocycles. The molecule has 14 heteroatoms.